The first kappa shape index (κ1) is 13.8. The molecule has 102 valence electrons. The number of carbonyl (C=O) groups excluding carboxylic acids is 1. The summed E-state index contributed by atoms with van der Waals surface area (Å²) in [6, 6.07) is 4.00. The van der Waals surface area contributed by atoms with Crippen LogP contribution in [0.2, 0.25) is 5.02 Å². The summed E-state index contributed by atoms with van der Waals surface area (Å²) in [6.07, 6.45) is 2.24. The minimum Gasteiger partial charge on any atom is -0.347 e. The number of hydrogen-bond donors (Lipinski definition) is 1. The number of amides is 1. The smallest absolute Gasteiger partial charge is 0.287 e. The van der Waals surface area contributed by atoms with E-state index in [1.54, 1.807) is 0 Å². The fourth-order valence-electron chi connectivity index (χ4n) is 2.07. The van der Waals surface area contributed by atoms with Crippen molar-refractivity contribution in [3.63, 3.8) is 0 Å². The Hall–Kier alpha value is -1.62. The Bertz CT molecular complexity index is 539. The minimum absolute atomic E-state index is 0.0260. The summed E-state index contributed by atoms with van der Waals surface area (Å²) in [5.74, 6) is 0.249. The van der Waals surface area contributed by atoms with E-state index in [4.69, 9.17) is 11.6 Å². The number of benzene rings is 1. The zero-order valence-corrected chi connectivity index (χ0v) is 11.5. The number of halogens is 1. The molecule has 0 saturated heterocycles. The van der Waals surface area contributed by atoms with Gasteiger partial charge in [-0.25, -0.2) is 0 Å². The highest BCUT2D eigenvalue weighted by Crippen LogP contribution is 2.39. The number of nitro groups is 1. The summed E-state index contributed by atoms with van der Waals surface area (Å²) in [5, 5.41) is 13.6. The third-order valence-corrected chi connectivity index (χ3v) is 3.74. The van der Waals surface area contributed by atoms with Crippen LogP contribution in [-0.4, -0.2) is 16.4 Å². The molecule has 1 saturated carbocycles. The average Bonchev–Trinajstić information content (AvgIpc) is 3.11. The van der Waals surface area contributed by atoms with Gasteiger partial charge in [-0.2, -0.15) is 0 Å². The van der Waals surface area contributed by atoms with E-state index in [0.717, 1.165) is 12.8 Å². The number of rotatable bonds is 4. The molecule has 1 fully saturated rings. The Labute approximate surface area is 116 Å². The van der Waals surface area contributed by atoms with Crippen LogP contribution in [0.15, 0.2) is 18.2 Å². The Morgan fingerprint density at radius 2 is 2.11 bits per heavy atom. The van der Waals surface area contributed by atoms with Crippen LogP contribution in [-0.2, 0) is 0 Å². The maximum absolute atomic E-state index is 12.1. The normalized spacial score (nSPS) is 15.1. The topological polar surface area (TPSA) is 72.2 Å². The fraction of sp³-hybridized carbons (Fsp3) is 0.462. The summed E-state index contributed by atoms with van der Waals surface area (Å²) in [7, 11) is 0. The van der Waals surface area contributed by atoms with E-state index in [1.165, 1.54) is 18.2 Å². The molecule has 0 atom stereocenters. The average molecular weight is 283 g/mol. The first-order valence-electron chi connectivity index (χ1n) is 6.08. The van der Waals surface area contributed by atoms with Crippen LogP contribution in [0, 0.1) is 16.0 Å². The van der Waals surface area contributed by atoms with Crippen LogP contribution in [0.3, 0.4) is 0 Å². The standard InChI is InChI=1S/C13H15ClN2O3/c1-13(2,9-4-5-9)15-12(17)8-3-6-11(16(18)19)10(14)7-8/h3,6-7,9H,4-5H2,1-2H3,(H,15,17). The number of nitrogens with one attached hydrogen (secondary N) is 1. The highest BCUT2D eigenvalue weighted by atomic mass is 35.5. The number of nitro benzene ring substituents is 1. The van der Waals surface area contributed by atoms with Crippen LogP contribution in [0.25, 0.3) is 0 Å². The first-order chi connectivity index (χ1) is 8.81. The molecule has 1 amide bonds. The van der Waals surface area contributed by atoms with Crippen LogP contribution in [0.1, 0.15) is 37.0 Å². The first-order valence-corrected chi connectivity index (χ1v) is 6.45. The van der Waals surface area contributed by atoms with Gasteiger partial charge >= 0.3 is 0 Å². The second kappa shape index (κ2) is 4.81. The maximum atomic E-state index is 12.1. The molecule has 0 aliphatic heterocycles. The molecule has 19 heavy (non-hydrogen) atoms. The molecule has 1 aromatic carbocycles. The van der Waals surface area contributed by atoms with E-state index in [9.17, 15) is 14.9 Å². The van der Waals surface area contributed by atoms with Gasteiger partial charge in [-0.1, -0.05) is 11.6 Å². The molecule has 0 aromatic heterocycles. The van der Waals surface area contributed by atoms with E-state index < -0.39 is 4.92 Å². The molecule has 0 bridgehead atoms. The summed E-state index contributed by atoms with van der Waals surface area (Å²) >= 11 is 5.79. The van der Waals surface area contributed by atoms with Crippen molar-refractivity contribution in [2.45, 2.75) is 32.2 Å². The highest BCUT2D eigenvalue weighted by molar-refractivity contribution is 6.33. The second-order valence-corrected chi connectivity index (χ2v) is 5.78. The van der Waals surface area contributed by atoms with Gasteiger partial charge in [0.2, 0.25) is 0 Å². The van der Waals surface area contributed by atoms with Gasteiger partial charge in [-0.05, 0) is 44.7 Å². The SMILES string of the molecule is CC(C)(NC(=O)c1ccc([N+](=O)[O-])c(Cl)c1)C1CC1. The predicted molar refractivity (Wildman–Crippen MR) is 72.4 cm³/mol. The highest BCUT2D eigenvalue weighted by Gasteiger charge is 2.38. The van der Waals surface area contributed by atoms with Gasteiger partial charge in [0.15, 0.2) is 0 Å². The molecule has 1 aliphatic carbocycles. The van der Waals surface area contributed by atoms with Gasteiger partial charge in [0, 0.05) is 17.2 Å². The molecule has 0 heterocycles. The van der Waals surface area contributed by atoms with Crippen molar-refractivity contribution in [2.24, 2.45) is 5.92 Å². The van der Waals surface area contributed by atoms with Gasteiger partial charge < -0.3 is 5.32 Å². The number of nitrogens with zero attached hydrogens (tertiary/aromatic N) is 1. The molecule has 2 rings (SSSR count). The molecule has 1 N–H and O–H groups in total. The third kappa shape index (κ3) is 3.04. The molecular weight excluding hydrogens is 268 g/mol. The minimum atomic E-state index is -0.571. The molecule has 0 radical (unpaired) electrons. The van der Waals surface area contributed by atoms with Gasteiger partial charge in [0.05, 0.1) is 4.92 Å². The molecule has 0 spiro atoms. The van der Waals surface area contributed by atoms with E-state index in [2.05, 4.69) is 5.32 Å². The van der Waals surface area contributed by atoms with Crippen molar-refractivity contribution in [1.29, 1.82) is 0 Å². The Kier molecular flexibility index (Phi) is 3.49. The van der Waals surface area contributed by atoms with Crippen LogP contribution in [0.4, 0.5) is 5.69 Å². The lowest BCUT2D eigenvalue weighted by Crippen LogP contribution is -2.45. The Morgan fingerprint density at radius 1 is 1.47 bits per heavy atom. The van der Waals surface area contributed by atoms with Crippen molar-refractivity contribution in [3.05, 3.63) is 38.9 Å². The van der Waals surface area contributed by atoms with E-state index in [-0.39, 0.29) is 22.2 Å². The van der Waals surface area contributed by atoms with Gasteiger partial charge in [0.1, 0.15) is 5.02 Å². The molecule has 0 unspecified atom stereocenters. The van der Waals surface area contributed by atoms with Crippen LogP contribution >= 0.6 is 11.6 Å². The largest absolute Gasteiger partial charge is 0.347 e. The molecule has 1 aromatic rings. The van der Waals surface area contributed by atoms with Crippen molar-refractivity contribution >= 4 is 23.2 Å². The van der Waals surface area contributed by atoms with Crippen molar-refractivity contribution in [3.8, 4) is 0 Å². The molecular formula is C13H15ClN2O3. The second-order valence-electron chi connectivity index (χ2n) is 5.37. The Morgan fingerprint density at radius 3 is 2.58 bits per heavy atom. The lowest BCUT2D eigenvalue weighted by Gasteiger charge is -2.26. The fourth-order valence-corrected chi connectivity index (χ4v) is 2.32. The van der Waals surface area contributed by atoms with Crippen molar-refractivity contribution in [2.75, 3.05) is 0 Å². The van der Waals surface area contributed by atoms with E-state index in [0.29, 0.717) is 11.5 Å². The van der Waals surface area contributed by atoms with Crippen molar-refractivity contribution < 1.29 is 9.72 Å². The number of hydrogen-bond acceptors (Lipinski definition) is 3. The van der Waals surface area contributed by atoms with E-state index in [1.807, 2.05) is 13.8 Å². The van der Waals surface area contributed by atoms with Crippen LogP contribution in [0.5, 0.6) is 0 Å². The lowest BCUT2D eigenvalue weighted by molar-refractivity contribution is -0.384. The zero-order chi connectivity index (χ0) is 14.2. The lowest BCUT2D eigenvalue weighted by atomic mass is 9.98. The van der Waals surface area contributed by atoms with Gasteiger partial charge in [-0.15, -0.1) is 0 Å². The summed E-state index contributed by atoms with van der Waals surface area (Å²) < 4.78 is 0. The summed E-state index contributed by atoms with van der Waals surface area (Å²) in [4.78, 5) is 22.2. The molecule has 6 heteroatoms. The quantitative estimate of drug-likeness (QED) is 0.681. The summed E-state index contributed by atoms with van der Waals surface area (Å²) in [5.41, 5.74) is -0.116. The molecule has 1 aliphatic rings. The van der Waals surface area contributed by atoms with Crippen LogP contribution < -0.4 is 5.32 Å². The predicted octanol–water partition coefficient (Wildman–Crippen LogP) is 3.17. The van der Waals surface area contributed by atoms with E-state index >= 15 is 0 Å². The zero-order valence-electron chi connectivity index (χ0n) is 10.8. The third-order valence-electron chi connectivity index (χ3n) is 3.44. The van der Waals surface area contributed by atoms with Crippen molar-refractivity contribution in [1.82, 2.24) is 5.32 Å². The number of carbonyl (C=O) groups is 1. The Balaban J connectivity index is 2.15. The summed E-state index contributed by atoms with van der Waals surface area (Å²) in [6.45, 7) is 3.96. The maximum Gasteiger partial charge on any atom is 0.287 e. The molecule has 5 nitrogen and oxygen atoms in total. The van der Waals surface area contributed by atoms with Gasteiger partial charge in [-0.3, -0.25) is 14.9 Å². The van der Waals surface area contributed by atoms with Gasteiger partial charge in [0.25, 0.3) is 11.6 Å². The monoisotopic (exact) mass is 282 g/mol.